The lowest BCUT2D eigenvalue weighted by Crippen LogP contribution is -2.33. The molecular weight excluding hydrogens is 504 g/mol. The molecule has 1 fully saturated rings. The van der Waals surface area contributed by atoms with Gasteiger partial charge in [0, 0.05) is 23.7 Å². The van der Waals surface area contributed by atoms with Crippen LogP contribution in [0.1, 0.15) is 52.1 Å². The molecule has 0 atom stereocenters. The average molecular weight is 545 g/mol. The number of aromatic nitrogens is 2. The third kappa shape index (κ3) is 7.67. The number of hydrogen-bond donors (Lipinski definition) is 1. The van der Waals surface area contributed by atoms with Gasteiger partial charge in [-0.1, -0.05) is 35.5 Å². The zero-order valence-electron chi connectivity index (χ0n) is 24.0. The second kappa shape index (κ2) is 14.6. The monoisotopic (exact) mass is 544 g/mol. The largest absolute Gasteiger partial charge is 0.487 e. The standard InChI is InChI=1S/C30H33N3O4.C2H7N/c1-21-28(36-20-25-10-9-24(18-31-25)30(34)35-2)13-11-26-27(32-37-29(21)26)12-8-22-14-16-33(17-15-22)19-23-6-4-3-5-7-23;1-3-2/h3-7,9-11,13,18,22H,8,12,14-17,19-20H2,1-2H3;3H,1-2H3. The molecule has 8 heteroatoms. The van der Waals surface area contributed by atoms with Crippen LogP contribution in [-0.4, -0.2) is 55.3 Å². The number of methoxy groups -OCH3 is 1. The molecule has 1 saturated heterocycles. The van der Waals surface area contributed by atoms with E-state index in [1.807, 2.05) is 33.2 Å². The lowest BCUT2D eigenvalue weighted by atomic mass is 9.91. The number of piperidine rings is 1. The Morgan fingerprint density at radius 3 is 2.50 bits per heavy atom. The molecule has 1 N–H and O–H groups in total. The molecule has 2 aromatic carbocycles. The highest BCUT2D eigenvalue weighted by atomic mass is 16.5. The molecule has 5 rings (SSSR count). The minimum Gasteiger partial charge on any atom is -0.487 e. The highest BCUT2D eigenvalue weighted by Crippen LogP contribution is 2.31. The first-order chi connectivity index (χ1) is 19.5. The summed E-state index contributed by atoms with van der Waals surface area (Å²) >= 11 is 0. The van der Waals surface area contributed by atoms with Gasteiger partial charge in [-0.3, -0.25) is 9.88 Å². The van der Waals surface area contributed by atoms with Crippen molar-refractivity contribution in [2.45, 2.75) is 45.8 Å². The number of carbonyl (C=O) groups excluding carboxylic acids is 1. The Kier molecular flexibility index (Phi) is 10.7. The van der Waals surface area contributed by atoms with Crippen molar-refractivity contribution in [1.29, 1.82) is 0 Å². The van der Waals surface area contributed by atoms with Gasteiger partial charge >= 0.3 is 5.97 Å². The van der Waals surface area contributed by atoms with E-state index in [9.17, 15) is 4.79 Å². The van der Waals surface area contributed by atoms with Gasteiger partial charge < -0.3 is 19.3 Å². The predicted molar refractivity (Wildman–Crippen MR) is 156 cm³/mol. The van der Waals surface area contributed by atoms with E-state index in [0.717, 1.165) is 72.1 Å². The van der Waals surface area contributed by atoms with Crippen molar-refractivity contribution in [3.8, 4) is 5.75 Å². The van der Waals surface area contributed by atoms with Crippen molar-refractivity contribution in [3.63, 3.8) is 0 Å². The van der Waals surface area contributed by atoms with Crippen LogP contribution in [0.25, 0.3) is 11.0 Å². The molecule has 1 aliphatic heterocycles. The zero-order chi connectivity index (χ0) is 28.3. The summed E-state index contributed by atoms with van der Waals surface area (Å²) in [7, 11) is 5.10. The summed E-state index contributed by atoms with van der Waals surface area (Å²) in [4.78, 5) is 18.4. The Morgan fingerprint density at radius 1 is 1.07 bits per heavy atom. The van der Waals surface area contributed by atoms with E-state index in [2.05, 4.69) is 50.7 Å². The Hall–Kier alpha value is -3.75. The van der Waals surface area contributed by atoms with Crippen LogP contribution in [0.3, 0.4) is 0 Å². The second-order valence-corrected chi connectivity index (χ2v) is 10.3. The van der Waals surface area contributed by atoms with Gasteiger partial charge in [0.1, 0.15) is 12.4 Å². The van der Waals surface area contributed by atoms with Crippen molar-refractivity contribution < 1.29 is 18.8 Å². The molecule has 1 aliphatic rings. The number of benzene rings is 2. The third-order valence-electron chi connectivity index (χ3n) is 7.28. The topological polar surface area (TPSA) is 89.7 Å². The van der Waals surface area contributed by atoms with Crippen molar-refractivity contribution in [1.82, 2.24) is 20.4 Å². The van der Waals surface area contributed by atoms with Gasteiger partial charge in [-0.15, -0.1) is 0 Å². The van der Waals surface area contributed by atoms with Crippen LogP contribution in [0, 0.1) is 12.8 Å². The molecule has 0 bridgehead atoms. The predicted octanol–water partition coefficient (Wildman–Crippen LogP) is 5.58. The molecule has 8 nitrogen and oxygen atoms in total. The summed E-state index contributed by atoms with van der Waals surface area (Å²) < 4.78 is 16.5. The third-order valence-corrected chi connectivity index (χ3v) is 7.28. The van der Waals surface area contributed by atoms with Gasteiger partial charge in [0.05, 0.1) is 24.1 Å². The number of ether oxygens (including phenoxy) is 2. The molecular formula is C32H40N4O4. The molecule has 0 aliphatic carbocycles. The summed E-state index contributed by atoms with van der Waals surface area (Å²) in [6, 6.07) is 18.2. The van der Waals surface area contributed by atoms with E-state index in [-0.39, 0.29) is 6.61 Å². The summed E-state index contributed by atoms with van der Waals surface area (Å²) in [5.41, 5.74) is 5.25. The minimum absolute atomic E-state index is 0.289. The van der Waals surface area contributed by atoms with E-state index in [0.29, 0.717) is 5.56 Å². The first kappa shape index (κ1) is 29.2. The van der Waals surface area contributed by atoms with E-state index in [1.165, 1.54) is 31.7 Å². The van der Waals surface area contributed by atoms with E-state index >= 15 is 0 Å². The summed E-state index contributed by atoms with van der Waals surface area (Å²) in [5, 5.41) is 8.22. The van der Waals surface area contributed by atoms with Crippen LogP contribution in [0.15, 0.2) is 65.3 Å². The highest BCUT2D eigenvalue weighted by molar-refractivity contribution is 5.88. The van der Waals surface area contributed by atoms with E-state index in [4.69, 9.17) is 14.0 Å². The van der Waals surface area contributed by atoms with Crippen molar-refractivity contribution in [2.75, 3.05) is 34.3 Å². The maximum atomic E-state index is 11.6. The van der Waals surface area contributed by atoms with Gasteiger partial charge in [0.25, 0.3) is 0 Å². The minimum atomic E-state index is -0.407. The number of esters is 1. The van der Waals surface area contributed by atoms with E-state index < -0.39 is 5.97 Å². The van der Waals surface area contributed by atoms with Crippen molar-refractivity contribution in [2.24, 2.45) is 5.92 Å². The smallest absolute Gasteiger partial charge is 0.339 e. The second-order valence-electron chi connectivity index (χ2n) is 10.3. The van der Waals surface area contributed by atoms with Crippen LogP contribution in [0.2, 0.25) is 0 Å². The van der Waals surface area contributed by atoms with Crippen LogP contribution in [0.4, 0.5) is 0 Å². The molecule has 0 spiro atoms. The van der Waals surface area contributed by atoms with Gasteiger partial charge in [0.2, 0.25) is 0 Å². The van der Waals surface area contributed by atoms with Crippen LogP contribution < -0.4 is 10.1 Å². The number of fused-ring (bicyclic) bond motifs is 1. The number of nitrogens with one attached hydrogen (secondary N) is 1. The highest BCUT2D eigenvalue weighted by Gasteiger charge is 2.21. The molecule has 40 heavy (non-hydrogen) atoms. The molecule has 3 heterocycles. The number of hydrogen-bond acceptors (Lipinski definition) is 8. The maximum absolute atomic E-state index is 11.6. The van der Waals surface area contributed by atoms with Gasteiger partial charge in [-0.2, -0.15) is 0 Å². The molecule has 212 valence electrons. The molecule has 4 aromatic rings. The number of rotatable bonds is 9. The molecule has 2 aromatic heterocycles. The Bertz CT molecular complexity index is 1350. The average Bonchev–Trinajstić information content (AvgIpc) is 3.41. The van der Waals surface area contributed by atoms with Crippen molar-refractivity contribution in [3.05, 3.63) is 88.9 Å². The summed E-state index contributed by atoms with van der Waals surface area (Å²) in [6.07, 6.45) is 6.01. The van der Waals surface area contributed by atoms with Gasteiger partial charge in [0.15, 0.2) is 5.58 Å². The fourth-order valence-electron chi connectivity index (χ4n) is 5.02. The lowest BCUT2D eigenvalue weighted by Gasteiger charge is -2.31. The lowest BCUT2D eigenvalue weighted by molar-refractivity contribution is 0.0600. The SMILES string of the molecule is CNC.COC(=O)c1ccc(COc2ccc3c(CCC4CCN(Cc5ccccc5)CC4)noc3c2C)nc1. The number of pyridine rings is 1. The number of likely N-dealkylation sites (tertiary alicyclic amines) is 1. The fraction of sp³-hybridized carbons (Fsp3) is 0.406. The summed E-state index contributed by atoms with van der Waals surface area (Å²) in [5.74, 6) is 1.05. The number of nitrogens with zero attached hydrogens (tertiary/aromatic N) is 3. The van der Waals surface area contributed by atoms with Crippen LogP contribution >= 0.6 is 0 Å². The quantitative estimate of drug-likeness (QED) is 0.273. The number of carbonyl (C=O) groups is 1. The zero-order valence-corrected chi connectivity index (χ0v) is 24.0. The number of aryl methyl sites for hydroxylation is 2. The Morgan fingerprint density at radius 2 is 1.82 bits per heavy atom. The van der Waals surface area contributed by atoms with Crippen LogP contribution in [-0.2, 0) is 24.3 Å². The molecule has 0 saturated carbocycles. The Labute approximate surface area is 236 Å². The van der Waals surface area contributed by atoms with Crippen molar-refractivity contribution >= 4 is 16.9 Å². The maximum Gasteiger partial charge on any atom is 0.339 e. The first-order valence-corrected chi connectivity index (χ1v) is 13.9. The Balaban J connectivity index is 0.00000118. The van der Waals surface area contributed by atoms with E-state index in [1.54, 1.807) is 12.1 Å². The molecule has 0 amide bonds. The fourth-order valence-corrected chi connectivity index (χ4v) is 5.02. The normalized spacial score (nSPS) is 14.0. The summed E-state index contributed by atoms with van der Waals surface area (Å²) in [6.45, 7) is 5.62. The molecule has 0 radical (unpaired) electrons. The van der Waals surface area contributed by atoms with Gasteiger partial charge in [-0.25, -0.2) is 4.79 Å². The first-order valence-electron chi connectivity index (χ1n) is 13.9. The van der Waals surface area contributed by atoms with Gasteiger partial charge in [-0.05, 0) is 95.5 Å². The van der Waals surface area contributed by atoms with Crippen LogP contribution in [0.5, 0.6) is 5.75 Å². The molecule has 0 unspecified atom stereocenters.